The highest BCUT2D eigenvalue weighted by Gasteiger charge is 2.55. The average molecular weight is 332 g/mol. The van der Waals surface area contributed by atoms with Crippen LogP contribution in [-0.4, -0.2) is 11.3 Å². The van der Waals surface area contributed by atoms with Gasteiger partial charge in [0.15, 0.2) is 0 Å². The van der Waals surface area contributed by atoms with Crippen molar-refractivity contribution in [3.63, 3.8) is 0 Å². The zero-order chi connectivity index (χ0) is 17.1. The minimum absolute atomic E-state index is 0.108. The second-order valence-electron chi connectivity index (χ2n) is 6.42. The summed E-state index contributed by atoms with van der Waals surface area (Å²) in [5.41, 5.74) is -0.773. The van der Waals surface area contributed by atoms with Gasteiger partial charge < -0.3 is 9.84 Å². The molecule has 0 saturated heterocycles. The molecule has 24 heavy (non-hydrogen) atoms. The van der Waals surface area contributed by atoms with Gasteiger partial charge in [-0.05, 0) is 36.6 Å². The fourth-order valence-corrected chi connectivity index (χ4v) is 3.59. The first-order valence-corrected chi connectivity index (χ1v) is 7.68. The van der Waals surface area contributed by atoms with Gasteiger partial charge in [-0.3, -0.25) is 0 Å². The molecule has 2 aliphatic rings. The smallest absolute Gasteiger partial charge is 0.398 e. The monoisotopic (exact) mass is 332 g/mol. The van der Waals surface area contributed by atoms with Gasteiger partial charge >= 0.3 is 6.18 Å². The number of rotatable bonds is 0. The third-order valence-corrected chi connectivity index (χ3v) is 4.95. The molecule has 0 amide bonds. The third kappa shape index (κ3) is 1.94. The van der Waals surface area contributed by atoms with Gasteiger partial charge in [0.2, 0.25) is 0 Å². The molecule has 0 saturated carbocycles. The first-order valence-electron chi connectivity index (χ1n) is 7.68. The molecule has 0 fully saturated rings. The van der Waals surface area contributed by atoms with Crippen molar-refractivity contribution >= 4 is 6.08 Å². The van der Waals surface area contributed by atoms with E-state index in [0.717, 1.165) is 0 Å². The molecular formula is C19H15F3O2. The predicted molar refractivity (Wildman–Crippen MR) is 84.1 cm³/mol. The third-order valence-electron chi connectivity index (χ3n) is 4.95. The first kappa shape index (κ1) is 15.3. The fourth-order valence-electron chi connectivity index (χ4n) is 3.59. The second-order valence-corrected chi connectivity index (χ2v) is 6.42. The summed E-state index contributed by atoms with van der Waals surface area (Å²) >= 11 is 0. The van der Waals surface area contributed by atoms with E-state index in [0.29, 0.717) is 16.9 Å². The molecule has 2 nitrogen and oxygen atoms in total. The van der Waals surface area contributed by atoms with Crippen LogP contribution in [0.4, 0.5) is 13.2 Å². The molecule has 4 rings (SSSR count). The standard InChI is InChI=1S/C19H15F3O2/c1-18(19(20,21)22)10-4-5-11-8-9-14-15(16(11)18)17(23)12-6-2-3-7-13(12)24-14/h2-9,17,23H,10H2,1H3. The summed E-state index contributed by atoms with van der Waals surface area (Å²) in [4.78, 5) is 0. The van der Waals surface area contributed by atoms with Gasteiger partial charge in [0, 0.05) is 11.1 Å². The normalized spacial score (nSPS) is 24.6. The number of halogens is 3. The van der Waals surface area contributed by atoms with Gasteiger partial charge in [-0.1, -0.05) is 36.4 Å². The highest BCUT2D eigenvalue weighted by atomic mass is 19.4. The lowest BCUT2D eigenvalue weighted by Crippen LogP contribution is -2.42. The number of aliphatic hydroxyl groups is 1. The van der Waals surface area contributed by atoms with Crippen LogP contribution < -0.4 is 4.74 Å². The van der Waals surface area contributed by atoms with Crippen LogP contribution in [0.3, 0.4) is 0 Å². The number of alkyl halides is 3. The number of hydrogen-bond acceptors (Lipinski definition) is 2. The van der Waals surface area contributed by atoms with E-state index in [9.17, 15) is 18.3 Å². The van der Waals surface area contributed by atoms with Crippen molar-refractivity contribution in [2.24, 2.45) is 0 Å². The number of aliphatic hydroxyl groups excluding tert-OH is 1. The van der Waals surface area contributed by atoms with Crippen molar-refractivity contribution in [2.75, 3.05) is 0 Å². The van der Waals surface area contributed by atoms with E-state index in [-0.39, 0.29) is 23.3 Å². The van der Waals surface area contributed by atoms with E-state index in [2.05, 4.69) is 0 Å². The van der Waals surface area contributed by atoms with Gasteiger partial charge in [-0.25, -0.2) is 0 Å². The first-order chi connectivity index (χ1) is 11.3. The van der Waals surface area contributed by atoms with Crippen molar-refractivity contribution in [1.29, 1.82) is 0 Å². The Balaban J connectivity index is 2.00. The largest absolute Gasteiger partial charge is 0.457 e. The van der Waals surface area contributed by atoms with Crippen LogP contribution in [0.1, 0.15) is 41.7 Å². The maximum atomic E-state index is 13.8. The molecule has 1 N–H and O–H groups in total. The Kier molecular flexibility index (Phi) is 3.09. The topological polar surface area (TPSA) is 29.5 Å². The van der Waals surface area contributed by atoms with Crippen molar-refractivity contribution in [3.05, 3.63) is 64.7 Å². The second kappa shape index (κ2) is 4.86. The molecule has 2 atom stereocenters. The maximum absolute atomic E-state index is 13.8. The zero-order valence-corrected chi connectivity index (χ0v) is 12.9. The Morgan fingerprint density at radius 2 is 1.88 bits per heavy atom. The summed E-state index contributed by atoms with van der Waals surface area (Å²) < 4.78 is 47.3. The quantitative estimate of drug-likeness (QED) is 0.726. The lowest BCUT2D eigenvalue weighted by atomic mass is 9.70. The van der Waals surface area contributed by atoms with Crippen molar-refractivity contribution < 1.29 is 23.0 Å². The molecule has 2 aromatic rings. The molecule has 0 spiro atoms. The summed E-state index contributed by atoms with van der Waals surface area (Å²) in [5.74, 6) is 0.753. The molecule has 1 heterocycles. The van der Waals surface area contributed by atoms with Crippen molar-refractivity contribution in [2.45, 2.75) is 31.0 Å². The number of benzene rings is 2. The van der Waals surface area contributed by atoms with Crippen LogP contribution in [0.25, 0.3) is 6.08 Å². The van der Waals surface area contributed by atoms with Crippen LogP contribution in [0.15, 0.2) is 42.5 Å². The number of hydrogen-bond donors (Lipinski definition) is 1. The molecule has 1 aliphatic carbocycles. The van der Waals surface area contributed by atoms with E-state index in [1.54, 1.807) is 42.5 Å². The van der Waals surface area contributed by atoms with Gasteiger partial charge in [-0.2, -0.15) is 13.2 Å². The SMILES string of the molecule is CC1(C(F)(F)F)CC=Cc2ccc3c(c21)C(O)c1ccccc1O3. The van der Waals surface area contributed by atoms with E-state index in [4.69, 9.17) is 4.74 Å². The van der Waals surface area contributed by atoms with E-state index in [1.165, 1.54) is 13.0 Å². The highest BCUT2D eigenvalue weighted by Crippen LogP contribution is 2.54. The van der Waals surface area contributed by atoms with E-state index in [1.807, 2.05) is 0 Å². The van der Waals surface area contributed by atoms with Crippen LogP contribution >= 0.6 is 0 Å². The Morgan fingerprint density at radius 1 is 1.12 bits per heavy atom. The highest BCUT2D eigenvalue weighted by molar-refractivity contribution is 5.68. The molecule has 124 valence electrons. The Bertz CT molecular complexity index is 854. The molecule has 0 aromatic heterocycles. The molecule has 2 unspecified atom stereocenters. The Labute approximate surface area is 137 Å². The summed E-state index contributed by atoms with van der Waals surface area (Å²) in [5, 5.41) is 10.8. The van der Waals surface area contributed by atoms with Crippen molar-refractivity contribution in [1.82, 2.24) is 0 Å². The van der Waals surface area contributed by atoms with Gasteiger partial charge in [0.25, 0.3) is 0 Å². The number of allylic oxidation sites excluding steroid dienone is 1. The predicted octanol–water partition coefficient (Wildman–Crippen LogP) is 5.11. The maximum Gasteiger partial charge on any atom is 0.398 e. The molecular weight excluding hydrogens is 317 g/mol. The van der Waals surface area contributed by atoms with Crippen LogP contribution in [0.2, 0.25) is 0 Å². The van der Waals surface area contributed by atoms with Crippen molar-refractivity contribution in [3.8, 4) is 11.5 Å². The fraction of sp³-hybridized carbons (Fsp3) is 0.263. The minimum atomic E-state index is -4.43. The number of fused-ring (bicyclic) bond motifs is 4. The lowest BCUT2D eigenvalue weighted by Gasteiger charge is -2.39. The molecule has 0 bridgehead atoms. The van der Waals surface area contributed by atoms with Gasteiger partial charge in [0.1, 0.15) is 17.6 Å². The summed E-state index contributed by atoms with van der Waals surface area (Å²) in [6.07, 6.45) is -2.53. The van der Waals surface area contributed by atoms with Crippen LogP contribution in [-0.2, 0) is 5.41 Å². The van der Waals surface area contributed by atoms with E-state index >= 15 is 0 Å². The number of ether oxygens (including phenoxy) is 1. The van der Waals surface area contributed by atoms with Gasteiger partial charge in [-0.15, -0.1) is 0 Å². The van der Waals surface area contributed by atoms with Gasteiger partial charge in [0.05, 0.1) is 5.41 Å². The molecule has 2 aromatic carbocycles. The minimum Gasteiger partial charge on any atom is -0.457 e. The lowest BCUT2D eigenvalue weighted by molar-refractivity contribution is -0.185. The molecule has 5 heteroatoms. The Hall–Kier alpha value is -2.27. The Morgan fingerprint density at radius 3 is 2.62 bits per heavy atom. The average Bonchev–Trinajstić information content (AvgIpc) is 2.54. The van der Waals surface area contributed by atoms with Crippen LogP contribution in [0, 0.1) is 0 Å². The molecule has 1 aliphatic heterocycles. The summed E-state index contributed by atoms with van der Waals surface area (Å²) in [7, 11) is 0. The van der Waals surface area contributed by atoms with E-state index < -0.39 is 17.7 Å². The zero-order valence-electron chi connectivity index (χ0n) is 12.9. The summed E-state index contributed by atoms with van der Waals surface area (Å²) in [6, 6.07) is 10.1. The number of para-hydroxylation sites is 1. The van der Waals surface area contributed by atoms with Crippen LogP contribution in [0.5, 0.6) is 11.5 Å². The molecule has 0 radical (unpaired) electrons. The summed E-state index contributed by atoms with van der Waals surface area (Å²) in [6.45, 7) is 1.18.